The summed E-state index contributed by atoms with van der Waals surface area (Å²) in [7, 11) is 0. The summed E-state index contributed by atoms with van der Waals surface area (Å²) in [5.41, 5.74) is 3.84. The lowest BCUT2D eigenvalue weighted by Crippen LogP contribution is -2.32. The van der Waals surface area contributed by atoms with E-state index in [-0.39, 0.29) is 6.09 Å². The zero-order valence-electron chi connectivity index (χ0n) is 17.6. The zero-order valence-corrected chi connectivity index (χ0v) is 17.6. The summed E-state index contributed by atoms with van der Waals surface area (Å²) < 4.78 is 5.46. The van der Waals surface area contributed by atoms with Crippen molar-refractivity contribution < 1.29 is 9.53 Å². The molecule has 1 heterocycles. The summed E-state index contributed by atoms with van der Waals surface area (Å²) in [6, 6.07) is 28.7. The Balaban J connectivity index is 1.03. The van der Waals surface area contributed by atoms with Gasteiger partial charge in [-0.3, -0.25) is 4.90 Å². The fourth-order valence-electron chi connectivity index (χ4n) is 4.86. The van der Waals surface area contributed by atoms with Gasteiger partial charge in [0.05, 0.1) is 0 Å². The van der Waals surface area contributed by atoms with Crippen LogP contribution in [-0.4, -0.2) is 30.6 Å². The van der Waals surface area contributed by atoms with E-state index in [1.807, 2.05) is 42.5 Å². The molecule has 1 aliphatic heterocycles. The molecule has 0 bridgehead atoms. The number of hydrogen-bond acceptors (Lipinski definition) is 3. The van der Waals surface area contributed by atoms with E-state index in [1.54, 1.807) is 0 Å². The van der Waals surface area contributed by atoms with Crippen molar-refractivity contribution in [1.82, 2.24) is 10.2 Å². The molecule has 4 heteroatoms. The molecule has 2 aliphatic rings. The van der Waals surface area contributed by atoms with Crippen LogP contribution >= 0.6 is 0 Å². The Morgan fingerprint density at radius 2 is 1.39 bits per heavy atom. The number of benzene rings is 3. The Hall–Kier alpha value is -3.11. The standard InChI is InChI=1S/C27H28N2O2/c30-27(31-23-13-11-21(12-14-23)15-20-7-3-1-4-8-20)28-16-24-25-18-29(19-26(24)25)17-22-9-5-2-6-10-22/h1-14,24-26H,15-19H2,(H,28,30). The highest BCUT2D eigenvalue weighted by Gasteiger charge is 2.55. The van der Waals surface area contributed by atoms with Gasteiger partial charge in [-0.05, 0) is 53.0 Å². The van der Waals surface area contributed by atoms with Crippen LogP contribution in [0.15, 0.2) is 84.9 Å². The third kappa shape index (κ3) is 4.97. The SMILES string of the molecule is O=C(NCC1C2CN(Cc3ccccc3)CC12)Oc1ccc(Cc2ccccc2)cc1. The molecule has 1 saturated heterocycles. The minimum absolute atomic E-state index is 0.359. The van der Waals surface area contributed by atoms with Crippen molar-refractivity contribution in [3.05, 3.63) is 102 Å². The summed E-state index contributed by atoms with van der Waals surface area (Å²) in [5.74, 6) is 2.59. The molecular weight excluding hydrogens is 384 g/mol. The van der Waals surface area contributed by atoms with Crippen LogP contribution in [0.2, 0.25) is 0 Å². The normalized spacial score (nSPS) is 22.0. The quantitative estimate of drug-likeness (QED) is 0.609. The third-order valence-electron chi connectivity index (χ3n) is 6.56. The predicted molar refractivity (Wildman–Crippen MR) is 122 cm³/mol. The number of carbonyl (C=O) groups excluding carboxylic acids is 1. The number of fused-ring (bicyclic) bond motifs is 1. The van der Waals surface area contributed by atoms with Crippen LogP contribution in [-0.2, 0) is 13.0 Å². The number of nitrogens with zero attached hydrogens (tertiary/aromatic N) is 1. The third-order valence-corrected chi connectivity index (χ3v) is 6.56. The molecule has 0 aromatic heterocycles. The second-order valence-corrected chi connectivity index (χ2v) is 8.75. The van der Waals surface area contributed by atoms with Gasteiger partial charge in [0.2, 0.25) is 0 Å². The van der Waals surface area contributed by atoms with E-state index in [0.29, 0.717) is 30.0 Å². The van der Waals surface area contributed by atoms with Gasteiger partial charge in [-0.1, -0.05) is 72.8 Å². The fraction of sp³-hybridized carbons (Fsp3) is 0.296. The van der Waals surface area contributed by atoms with Crippen LogP contribution < -0.4 is 10.1 Å². The van der Waals surface area contributed by atoms with Crippen molar-refractivity contribution in [3.8, 4) is 5.75 Å². The summed E-state index contributed by atoms with van der Waals surface area (Å²) >= 11 is 0. The van der Waals surface area contributed by atoms with Crippen LogP contribution in [0.25, 0.3) is 0 Å². The van der Waals surface area contributed by atoms with Crippen molar-refractivity contribution >= 4 is 6.09 Å². The van der Waals surface area contributed by atoms with Gasteiger partial charge < -0.3 is 10.1 Å². The van der Waals surface area contributed by atoms with Crippen LogP contribution in [0, 0.1) is 17.8 Å². The predicted octanol–water partition coefficient (Wildman–Crippen LogP) is 4.74. The molecule has 1 amide bonds. The Bertz CT molecular complexity index is 992. The van der Waals surface area contributed by atoms with Crippen molar-refractivity contribution in [2.45, 2.75) is 13.0 Å². The zero-order chi connectivity index (χ0) is 21.0. The highest BCUT2D eigenvalue weighted by molar-refractivity contribution is 5.70. The molecular formula is C27H28N2O2. The first-order valence-electron chi connectivity index (χ1n) is 11.1. The minimum atomic E-state index is -0.359. The lowest BCUT2D eigenvalue weighted by molar-refractivity contribution is 0.198. The van der Waals surface area contributed by atoms with E-state index in [0.717, 1.165) is 26.1 Å². The molecule has 3 aromatic carbocycles. The Kier molecular flexibility index (Phi) is 5.72. The molecule has 2 fully saturated rings. The molecule has 2 atom stereocenters. The first-order valence-corrected chi connectivity index (χ1v) is 11.1. The highest BCUT2D eigenvalue weighted by Crippen LogP contribution is 2.51. The lowest BCUT2D eigenvalue weighted by Gasteiger charge is -2.19. The Morgan fingerprint density at radius 1 is 0.806 bits per heavy atom. The highest BCUT2D eigenvalue weighted by atomic mass is 16.6. The van der Waals surface area contributed by atoms with Gasteiger partial charge in [0.15, 0.2) is 0 Å². The summed E-state index contributed by atoms with van der Waals surface area (Å²) in [6.45, 7) is 3.99. The molecule has 2 unspecified atom stereocenters. The summed E-state index contributed by atoms with van der Waals surface area (Å²) in [6.07, 6.45) is 0.515. The van der Waals surface area contributed by atoms with E-state index in [4.69, 9.17) is 4.74 Å². The Labute approximate surface area is 183 Å². The second kappa shape index (κ2) is 8.94. The topological polar surface area (TPSA) is 41.6 Å². The summed E-state index contributed by atoms with van der Waals surface area (Å²) in [5, 5.41) is 2.96. The molecule has 1 aliphatic carbocycles. The van der Waals surface area contributed by atoms with Gasteiger partial charge in [-0.2, -0.15) is 0 Å². The van der Waals surface area contributed by atoms with Gasteiger partial charge in [-0.25, -0.2) is 4.79 Å². The minimum Gasteiger partial charge on any atom is -0.410 e. The fourth-order valence-corrected chi connectivity index (χ4v) is 4.86. The lowest BCUT2D eigenvalue weighted by atomic mass is 10.1. The van der Waals surface area contributed by atoms with Gasteiger partial charge in [0.1, 0.15) is 5.75 Å². The number of likely N-dealkylation sites (tertiary alicyclic amines) is 1. The Morgan fingerprint density at radius 3 is 2.03 bits per heavy atom. The molecule has 5 rings (SSSR count). The van der Waals surface area contributed by atoms with E-state index in [2.05, 4.69) is 52.7 Å². The van der Waals surface area contributed by atoms with E-state index >= 15 is 0 Å². The average molecular weight is 413 g/mol. The number of hydrogen-bond donors (Lipinski definition) is 1. The molecule has 4 nitrogen and oxygen atoms in total. The van der Waals surface area contributed by atoms with Gasteiger partial charge >= 0.3 is 6.09 Å². The number of ether oxygens (including phenoxy) is 1. The maximum atomic E-state index is 12.2. The molecule has 1 N–H and O–H groups in total. The maximum absolute atomic E-state index is 12.2. The summed E-state index contributed by atoms with van der Waals surface area (Å²) in [4.78, 5) is 14.7. The van der Waals surface area contributed by atoms with Crippen molar-refractivity contribution in [2.75, 3.05) is 19.6 Å². The van der Waals surface area contributed by atoms with Crippen LogP contribution in [0.4, 0.5) is 4.79 Å². The van der Waals surface area contributed by atoms with E-state index in [9.17, 15) is 4.79 Å². The van der Waals surface area contributed by atoms with E-state index < -0.39 is 0 Å². The smallest absolute Gasteiger partial charge is 0.410 e. The van der Waals surface area contributed by atoms with Gasteiger partial charge in [0, 0.05) is 26.2 Å². The first kappa shape index (κ1) is 19.8. The van der Waals surface area contributed by atoms with Crippen LogP contribution in [0.5, 0.6) is 5.75 Å². The number of nitrogens with one attached hydrogen (secondary N) is 1. The average Bonchev–Trinajstić information content (AvgIpc) is 3.26. The number of carbonyl (C=O) groups is 1. The number of rotatable bonds is 7. The molecule has 31 heavy (non-hydrogen) atoms. The maximum Gasteiger partial charge on any atom is 0.412 e. The molecule has 0 radical (unpaired) electrons. The van der Waals surface area contributed by atoms with Crippen LogP contribution in [0.3, 0.4) is 0 Å². The molecule has 0 spiro atoms. The van der Waals surface area contributed by atoms with E-state index in [1.165, 1.54) is 16.7 Å². The van der Waals surface area contributed by atoms with Crippen LogP contribution in [0.1, 0.15) is 16.7 Å². The molecule has 158 valence electrons. The first-order chi connectivity index (χ1) is 15.2. The van der Waals surface area contributed by atoms with Gasteiger partial charge in [0.25, 0.3) is 0 Å². The van der Waals surface area contributed by atoms with Crippen molar-refractivity contribution in [3.63, 3.8) is 0 Å². The monoisotopic (exact) mass is 412 g/mol. The van der Waals surface area contributed by atoms with Crippen molar-refractivity contribution in [2.24, 2.45) is 17.8 Å². The second-order valence-electron chi connectivity index (χ2n) is 8.75. The number of amides is 1. The number of piperidine rings is 1. The molecule has 1 saturated carbocycles. The van der Waals surface area contributed by atoms with Gasteiger partial charge in [-0.15, -0.1) is 0 Å². The van der Waals surface area contributed by atoms with Crippen molar-refractivity contribution in [1.29, 1.82) is 0 Å². The largest absolute Gasteiger partial charge is 0.412 e. The molecule has 3 aromatic rings.